The van der Waals surface area contributed by atoms with E-state index in [9.17, 15) is 14.7 Å². The first kappa shape index (κ1) is 14.2. The topological polar surface area (TPSA) is 87.1 Å². The molecule has 0 aromatic heterocycles. The third kappa shape index (κ3) is 3.88. The Morgan fingerprint density at radius 3 is 2.60 bits per heavy atom. The van der Waals surface area contributed by atoms with Crippen molar-refractivity contribution in [1.82, 2.24) is 4.90 Å². The summed E-state index contributed by atoms with van der Waals surface area (Å²) in [6.07, 6.45) is 1.74. The molecule has 0 aliphatic heterocycles. The van der Waals surface area contributed by atoms with E-state index < -0.39 is 5.97 Å². The molecule has 1 aromatic rings. The number of aromatic hydroxyl groups is 1. The van der Waals surface area contributed by atoms with Crippen LogP contribution in [0.5, 0.6) is 11.5 Å². The number of rotatable bonds is 7. The number of para-hydroxylation sites is 2. The molecule has 0 radical (unpaired) electrons. The van der Waals surface area contributed by atoms with Gasteiger partial charge in [0, 0.05) is 12.6 Å². The average Bonchev–Trinajstić information content (AvgIpc) is 3.22. The van der Waals surface area contributed by atoms with Crippen LogP contribution in [0.3, 0.4) is 0 Å². The Hall–Kier alpha value is -2.24. The SMILES string of the molecule is O=C(O)CCN(C(=O)COc1ccccc1O)C1CC1. The predicted octanol–water partition coefficient (Wildman–Crippen LogP) is 1.24. The Labute approximate surface area is 116 Å². The van der Waals surface area contributed by atoms with E-state index in [-0.39, 0.29) is 43.0 Å². The summed E-state index contributed by atoms with van der Waals surface area (Å²) in [5.41, 5.74) is 0. The zero-order valence-corrected chi connectivity index (χ0v) is 11.0. The molecule has 0 bridgehead atoms. The van der Waals surface area contributed by atoms with Crippen molar-refractivity contribution in [1.29, 1.82) is 0 Å². The van der Waals surface area contributed by atoms with E-state index in [0.717, 1.165) is 12.8 Å². The highest BCUT2D eigenvalue weighted by Gasteiger charge is 2.32. The molecule has 0 saturated heterocycles. The van der Waals surface area contributed by atoms with Crippen molar-refractivity contribution in [2.45, 2.75) is 25.3 Å². The van der Waals surface area contributed by atoms with Crippen molar-refractivity contribution in [2.75, 3.05) is 13.2 Å². The highest BCUT2D eigenvalue weighted by molar-refractivity contribution is 5.79. The molecule has 1 amide bonds. The maximum atomic E-state index is 12.0. The molecule has 0 heterocycles. The smallest absolute Gasteiger partial charge is 0.305 e. The fourth-order valence-electron chi connectivity index (χ4n) is 1.91. The number of hydrogen-bond donors (Lipinski definition) is 2. The fourth-order valence-corrected chi connectivity index (χ4v) is 1.91. The molecular formula is C14H17NO5. The van der Waals surface area contributed by atoms with Gasteiger partial charge < -0.3 is 19.8 Å². The van der Waals surface area contributed by atoms with Crippen molar-refractivity contribution < 1.29 is 24.5 Å². The predicted molar refractivity (Wildman–Crippen MR) is 70.6 cm³/mol. The van der Waals surface area contributed by atoms with Gasteiger partial charge >= 0.3 is 5.97 Å². The zero-order valence-electron chi connectivity index (χ0n) is 11.0. The van der Waals surface area contributed by atoms with Crippen molar-refractivity contribution >= 4 is 11.9 Å². The summed E-state index contributed by atoms with van der Waals surface area (Å²) < 4.78 is 5.28. The molecule has 6 nitrogen and oxygen atoms in total. The van der Waals surface area contributed by atoms with Crippen LogP contribution in [0.25, 0.3) is 0 Å². The molecule has 0 spiro atoms. The first-order chi connectivity index (χ1) is 9.58. The Morgan fingerprint density at radius 2 is 2.00 bits per heavy atom. The van der Waals surface area contributed by atoms with Crippen LogP contribution >= 0.6 is 0 Å². The number of nitrogens with zero attached hydrogens (tertiary/aromatic N) is 1. The molecule has 2 N–H and O–H groups in total. The number of hydrogen-bond acceptors (Lipinski definition) is 4. The van der Waals surface area contributed by atoms with E-state index in [1.807, 2.05) is 0 Å². The summed E-state index contributed by atoms with van der Waals surface area (Å²) in [4.78, 5) is 24.2. The largest absolute Gasteiger partial charge is 0.504 e. The van der Waals surface area contributed by atoms with Crippen LogP contribution in [0, 0.1) is 0 Å². The molecule has 108 valence electrons. The lowest BCUT2D eigenvalue weighted by atomic mass is 10.3. The minimum atomic E-state index is -0.926. The zero-order chi connectivity index (χ0) is 14.5. The van der Waals surface area contributed by atoms with Gasteiger partial charge in [-0.05, 0) is 25.0 Å². The molecule has 0 unspecified atom stereocenters. The molecule has 20 heavy (non-hydrogen) atoms. The normalized spacial score (nSPS) is 13.8. The number of aliphatic carboxylic acids is 1. The van der Waals surface area contributed by atoms with Crippen LogP contribution in [0.15, 0.2) is 24.3 Å². The van der Waals surface area contributed by atoms with Crippen molar-refractivity contribution in [3.05, 3.63) is 24.3 Å². The highest BCUT2D eigenvalue weighted by Crippen LogP contribution is 2.28. The molecule has 1 fully saturated rings. The molecule has 1 aliphatic carbocycles. The molecule has 1 saturated carbocycles. The molecule has 1 aromatic carbocycles. The number of ether oxygens (including phenoxy) is 1. The third-order valence-electron chi connectivity index (χ3n) is 3.09. The van der Waals surface area contributed by atoms with Crippen molar-refractivity contribution in [3.8, 4) is 11.5 Å². The number of carboxylic acids is 1. The third-order valence-corrected chi connectivity index (χ3v) is 3.09. The molecular weight excluding hydrogens is 262 g/mol. The van der Waals surface area contributed by atoms with Crippen molar-refractivity contribution in [2.24, 2.45) is 0 Å². The second-order valence-corrected chi connectivity index (χ2v) is 4.72. The van der Waals surface area contributed by atoms with Gasteiger partial charge in [-0.3, -0.25) is 9.59 Å². The van der Waals surface area contributed by atoms with Gasteiger partial charge in [0.2, 0.25) is 0 Å². The van der Waals surface area contributed by atoms with E-state index in [2.05, 4.69) is 0 Å². The number of phenolic OH excluding ortho intramolecular Hbond substituents is 1. The lowest BCUT2D eigenvalue weighted by Crippen LogP contribution is -2.38. The first-order valence-corrected chi connectivity index (χ1v) is 6.50. The quantitative estimate of drug-likeness (QED) is 0.784. The van der Waals surface area contributed by atoms with Gasteiger partial charge in [0.15, 0.2) is 18.1 Å². The van der Waals surface area contributed by atoms with Crippen LogP contribution < -0.4 is 4.74 Å². The Balaban J connectivity index is 1.88. The monoisotopic (exact) mass is 279 g/mol. The summed E-state index contributed by atoms with van der Waals surface area (Å²) in [6.45, 7) is -0.00332. The number of benzene rings is 1. The Morgan fingerprint density at radius 1 is 1.30 bits per heavy atom. The highest BCUT2D eigenvalue weighted by atomic mass is 16.5. The minimum Gasteiger partial charge on any atom is -0.504 e. The number of amides is 1. The maximum absolute atomic E-state index is 12.0. The number of carboxylic acid groups (broad SMARTS) is 1. The number of phenols is 1. The molecule has 2 rings (SSSR count). The summed E-state index contributed by atoms with van der Waals surface area (Å²) in [5.74, 6) is -0.958. The van der Waals surface area contributed by atoms with Crippen LogP contribution in [0.2, 0.25) is 0 Å². The van der Waals surface area contributed by atoms with E-state index in [4.69, 9.17) is 9.84 Å². The lowest BCUT2D eigenvalue weighted by molar-refractivity contribution is -0.139. The average molecular weight is 279 g/mol. The molecule has 1 aliphatic rings. The lowest BCUT2D eigenvalue weighted by Gasteiger charge is -2.21. The minimum absolute atomic E-state index is 0.0243. The van der Waals surface area contributed by atoms with Gasteiger partial charge in [-0.1, -0.05) is 12.1 Å². The summed E-state index contributed by atoms with van der Waals surface area (Å²) in [7, 11) is 0. The van der Waals surface area contributed by atoms with Crippen LogP contribution in [-0.4, -0.2) is 46.2 Å². The number of carbonyl (C=O) groups excluding carboxylic acids is 1. The fraction of sp³-hybridized carbons (Fsp3) is 0.429. The van der Waals surface area contributed by atoms with Gasteiger partial charge in [0.25, 0.3) is 5.91 Å². The Kier molecular flexibility index (Phi) is 4.45. The standard InChI is InChI=1S/C14H17NO5/c16-11-3-1-2-4-12(11)20-9-13(17)15(10-5-6-10)8-7-14(18)19/h1-4,10,16H,5-9H2,(H,18,19). The van der Waals surface area contributed by atoms with Gasteiger partial charge in [0.05, 0.1) is 6.42 Å². The van der Waals surface area contributed by atoms with E-state index in [1.54, 1.807) is 23.1 Å². The molecule has 6 heteroatoms. The van der Waals surface area contributed by atoms with Gasteiger partial charge in [0.1, 0.15) is 0 Å². The molecule has 0 atom stereocenters. The summed E-state index contributed by atoms with van der Waals surface area (Å²) in [5, 5.41) is 18.2. The van der Waals surface area contributed by atoms with Crippen molar-refractivity contribution in [3.63, 3.8) is 0 Å². The van der Waals surface area contributed by atoms with Gasteiger partial charge in [-0.25, -0.2) is 0 Å². The van der Waals surface area contributed by atoms with E-state index in [0.29, 0.717) is 0 Å². The van der Waals surface area contributed by atoms with E-state index >= 15 is 0 Å². The van der Waals surface area contributed by atoms with E-state index in [1.165, 1.54) is 6.07 Å². The second kappa shape index (κ2) is 6.27. The van der Waals surface area contributed by atoms with Gasteiger partial charge in [-0.15, -0.1) is 0 Å². The van der Waals surface area contributed by atoms with Gasteiger partial charge in [-0.2, -0.15) is 0 Å². The van der Waals surface area contributed by atoms with Crippen LogP contribution in [-0.2, 0) is 9.59 Å². The van der Waals surface area contributed by atoms with Crippen LogP contribution in [0.4, 0.5) is 0 Å². The van der Waals surface area contributed by atoms with Crippen LogP contribution in [0.1, 0.15) is 19.3 Å². The summed E-state index contributed by atoms with van der Waals surface area (Å²) >= 11 is 0. The first-order valence-electron chi connectivity index (χ1n) is 6.50. The Bertz CT molecular complexity index is 498. The maximum Gasteiger partial charge on any atom is 0.305 e. The summed E-state index contributed by atoms with van der Waals surface area (Å²) in [6, 6.07) is 6.54. The second-order valence-electron chi connectivity index (χ2n) is 4.72. The number of carbonyl (C=O) groups is 2.